The van der Waals surface area contributed by atoms with Crippen molar-refractivity contribution < 1.29 is 0 Å². The monoisotopic (exact) mass is 282 g/mol. The first-order valence-electron chi connectivity index (χ1n) is 6.51. The summed E-state index contributed by atoms with van der Waals surface area (Å²) in [6.45, 7) is 4.17. The van der Waals surface area contributed by atoms with Crippen molar-refractivity contribution in [3.63, 3.8) is 0 Å². The molecule has 0 saturated heterocycles. The Bertz CT molecular complexity index is 942. The summed E-state index contributed by atoms with van der Waals surface area (Å²) >= 11 is 1.72. The topological polar surface area (TPSA) is 35.1 Å². The van der Waals surface area contributed by atoms with Crippen molar-refractivity contribution in [2.45, 2.75) is 13.8 Å². The molecule has 0 aliphatic heterocycles. The fourth-order valence-electron chi connectivity index (χ4n) is 2.70. The third-order valence-electron chi connectivity index (χ3n) is 3.80. The summed E-state index contributed by atoms with van der Waals surface area (Å²) in [4.78, 5) is 11.3. The molecule has 3 aromatic heterocycles. The second kappa shape index (κ2) is 3.93. The normalized spacial score (nSPS) is 11.8. The SMILES string of the molecule is Cc1sc2nccn2c1-c1ccc2c(c1)nc(C)n2C. The van der Waals surface area contributed by atoms with Crippen LogP contribution in [0.5, 0.6) is 0 Å². The highest BCUT2D eigenvalue weighted by atomic mass is 32.1. The Hall–Kier alpha value is -2.14. The van der Waals surface area contributed by atoms with Crippen LogP contribution in [-0.4, -0.2) is 18.9 Å². The minimum atomic E-state index is 1.03. The first kappa shape index (κ1) is 11.7. The van der Waals surface area contributed by atoms with E-state index in [1.807, 2.05) is 26.4 Å². The van der Waals surface area contributed by atoms with Crippen molar-refractivity contribution >= 4 is 27.3 Å². The summed E-state index contributed by atoms with van der Waals surface area (Å²) in [6.07, 6.45) is 3.86. The van der Waals surface area contributed by atoms with E-state index in [-0.39, 0.29) is 0 Å². The maximum Gasteiger partial charge on any atom is 0.194 e. The van der Waals surface area contributed by atoms with Crippen LogP contribution in [0.15, 0.2) is 30.6 Å². The van der Waals surface area contributed by atoms with Crippen molar-refractivity contribution in [2.24, 2.45) is 7.05 Å². The number of hydrogen-bond donors (Lipinski definition) is 0. The standard InChI is InChI=1S/C15H14N4S/c1-9-14(19-7-6-16-15(19)20-9)11-4-5-13-12(8-11)17-10(2)18(13)3/h4-8H,1-3H3. The zero-order chi connectivity index (χ0) is 13.9. The lowest BCUT2D eigenvalue weighted by atomic mass is 10.1. The molecule has 0 aliphatic carbocycles. The van der Waals surface area contributed by atoms with Gasteiger partial charge < -0.3 is 4.57 Å². The highest BCUT2D eigenvalue weighted by Crippen LogP contribution is 2.32. The van der Waals surface area contributed by atoms with Crippen molar-refractivity contribution in [1.82, 2.24) is 18.9 Å². The van der Waals surface area contributed by atoms with Gasteiger partial charge in [-0.15, -0.1) is 11.3 Å². The average Bonchev–Trinajstić information content (AvgIpc) is 3.04. The van der Waals surface area contributed by atoms with Gasteiger partial charge in [0.1, 0.15) is 5.82 Å². The molecule has 0 aliphatic rings. The molecule has 0 spiro atoms. The molecule has 0 saturated carbocycles. The lowest BCUT2D eigenvalue weighted by Gasteiger charge is -2.03. The molecule has 100 valence electrons. The molecular formula is C15H14N4S. The van der Waals surface area contributed by atoms with E-state index in [1.54, 1.807) is 11.3 Å². The second-order valence-corrected chi connectivity index (χ2v) is 6.19. The van der Waals surface area contributed by atoms with Gasteiger partial charge in [-0.25, -0.2) is 9.97 Å². The highest BCUT2D eigenvalue weighted by molar-refractivity contribution is 7.17. The van der Waals surface area contributed by atoms with Crippen LogP contribution < -0.4 is 0 Å². The van der Waals surface area contributed by atoms with Crippen molar-refractivity contribution in [2.75, 3.05) is 0 Å². The van der Waals surface area contributed by atoms with Crippen molar-refractivity contribution in [3.8, 4) is 11.3 Å². The van der Waals surface area contributed by atoms with Crippen LogP contribution in [0.1, 0.15) is 10.7 Å². The molecule has 3 heterocycles. The largest absolute Gasteiger partial charge is 0.331 e. The summed E-state index contributed by atoms with van der Waals surface area (Å²) in [7, 11) is 2.05. The molecule has 0 N–H and O–H groups in total. The van der Waals surface area contributed by atoms with Crippen molar-refractivity contribution in [3.05, 3.63) is 41.3 Å². The van der Waals surface area contributed by atoms with Crippen molar-refractivity contribution in [1.29, 1.82) is 0 Å². The number of fused-ring (bicyclic) bond motifs is 2. The molecular weight excluding hydrogens is 268 g/mol. The van der Waals surface area contributed by atoms with Gasteiger partial charge >= 0.3 is 0 Å². The van der Waals surface area contributed by atoms with E-state index < -0.39 is 0 Å². The number of aryl methyl sites for hydroxylation is 3. The zero-order valence-corrected chi connectivity index (χ0v) is 12.4. The van der Waals surface area contributed by atoms with Gasteiger partial charge in [0.25, 0.3) is 0 Å². The van der Waals surface area contributed by atoms with Gasteiger partial charge in [0.2, 0.25) is 0 Å². The van der Waals surface area contributed by atoms with Crippen LogP contribution in [0.25, 0.3) is 27.3 Å². The lowest BCUT2D eigenvalue weighted by molar-refractivity contribution is 0.886. The minimum absolute atomic E-state index is 1.03. The van der Waals surface area contributed by atoms with E-state index in [2.05, 4.69) is 44.1 Å². The van der Waals surface area contributed by atoms with E-state index in [0.29, 0.717) is 0 Å². The fourth-order valence-corrected chi connectivity index (χ4v) is 3.65. The Morgan fingerprint density at radius 1 is 1.20 bits per heavy atom. The van der Waals surface area contributed by atoms with Gasteiger partial charge in [-0.3, -0.25) is 4.40 Å². The van der Waals surface area contributed by atoms with Gasteiger partial charge in [0.05, 0.1) is 16.7 Å². The molecule has 0 unspecified atom stereocenters. The molecule has 0 fully saturated rings. The molecule has 0 amide bonds. The van der Waals surface area contributed by atoms with Crippen LogP contribution >= 0.6 is 11.3 Å². The van der Waals surface area contributed by atoms with Gasteiger partial charge in [-0.2, -0.15) is 0 Å². The third-order valence-corrected chi connectivity index (χ3v) is 4.79. The maximum absolute atomic E-state index is 4.62. The predicted molar refractivity (Wildman–Crippen MR) is 82.3 cm³/mol. The minimum Gasteiger partial charge on any atom is -0.331 e. The number of benzene rings is 1. The van der Waals surface area contributed by atoms with Gasteiger partial charge in [0, 0.05) is 29.9 Å². The maximum atomic E-state index is 4.62. The quantitative estimate of drug-likeness (QED) is 0.535. The van der Waals surface area contributed by atoms with E-state index in [1.165, 1.54) is 21.7 Å². The number of imidazole rings is 2. The predicted octanol–water partition coefficient (Wildman–Crippen LogP) is 3.57. The second-order valence-electron chi connectivity index (χ2n) is 5.01. The Balaban J connectivity index is 2.02. The van der Waals surface area contributed by atoms with E-state index >= 15 is 0 Å². The van der Waals surface area contributed by atoms with Crippen LogP contribution in [0.2, 0.25) is 0 Å². The van der Waals surface area contributed by atoms with Gasteiger partial charge in [-0.1, -0.05) is 6.07 Å². The molecule has 0 bridgehead atoms. The Morgan fingerprint density at radius 3 is 2.90 bits per heavy atom. The van der Waals surface area contributed by atoms with Crippen LogP contribution in [0, 0.1) is 13.8 Å². The molecule has 0 atom stereocenters. The first-order valence-corrected chi connectivity index (χ1v) is 7.32. The summed E-state index contributed by atoms with van der Waals surface area (Å²) in [5.74, 6) is 1.03. The Labute approximate surface area is 120 Å². The Morgan fingerprint density at radius 2 is 2.05 bits per heavy atom. The van der Waals surface area contributed by atoms with E-state index in [4.69, 9.17) is 0 Å². The number of hydrogen-bond acceptors (Lipinski definition) is 3. The van der Waals surface area contributed by atoms with E-state index in [0.717, 1.165) is 16.3 Å². The molecule has 4 rings (SSSR count). The molecule has 0 radical (unpaired) electrons. The molecule has 1 aromatic carbocycles. The molecule has 20 heavy (non-hydrogen) atoms. The fraction of sp³-hybridized carbons (Fsp3) is 0.200. The number of aromatic nitrogens is 4. The molecule has 5 heteroatoms. The number of rotatable bonds is 1. The van der Waals surface area contributed by atoms with E-state index in [9.17, 15) is 0 Å². The van der Waals surface area contributed by atoms with Crippen LogP contribution in [0.4, 0.5) is 0 Å². The summed E-state index contributed by atoms with van der Waals surface area (Å²) in [5, 5.41) is 0. The number of thiazole rings is 1. The smallest absolute Gasteiger partial charge is 0.194 e. The van der Waals surface area contributed by atoms with Crippen LogP contribution in [0.3, 0.4) is 0 Å². The van der Waals surface area contributed by atoms with Gasteiger partial charge in [0.15, 0.2) is 4.96 Å². The third kappa shape index (κ3) is 1.47. The first-order chi connectivity index (χ1) is 9.65. The zero-order valence-electron chi connectivity index (χ0n) is 11.6. The summed E-state index contributed by atoms with van der Waals surface area (Å²) in [5.41, 5.74) is 4.62. The number of nitrogens with zero attached hydrogens (tertiary/aromatic N) is 4. The summed E-state index contributed by atoms with van der Waals surface area (Å²) in [6, 6.07) is 6.47. The molecule has 4 nitrogen and oxygen atoms in total. The average molecular weight is 282 g/mol. The highest BCUT2D eigenvalue weighted by Gasteiger charge is 2.13. The summed E-state index contributed by atoms with van der Waals surface area (Å²) < 4.78 is 4.27. The molecule has 4 aromatic rings. The Kier molecular flexibility index (Phi) is 2.29. The van der Waals surface area contributed by atoms with Crippen LogP contribution in [-0.2, 0) is 7.05 Å². The lowest BCUT2D eigenvalue weighted by Crippen LogP contribution is -1.90. The van der Waals surface area contributed by atoms with Gasteiger partial charge in [-0.05, 0) is 26.0 Å².